The van der Waals surface area contributed by atoms with Gasteiger partial charge in [0.25, 0.3) is 0 Å². The lowest BCUT2D eigenvalue weighted by atomic mass is 10.2. The zero-order valence-electron chi connectivity index (χ0n) is 7.25. The summed E-state index contributed by atoms with van der Waals surface area (Å²) in [5, 5.41) is 9.01. The van der Waals surface area contributed by atoms with Gasteiger partial charge >= 0.3 is 0 Å². The molecule has 1 heterocycles. The van der Waals surface area contributed by atoms with Gasteiger partial charge in [-0.2, -0.15) is 5.26 Å². The van der Waals surface area contributed by atoms with E-state index < -0.39 is 0 Å². The van der Waals surface area contributed by atoms with E-state index in [-0.39, 0.29) is 12.2 Å². The molecule has 0 atom stereocenters. The molecule has 0 bridgehead atoms. The number of thiophene rings is 1. The molecule has 0 unspecified atom stereocenters. The summed E-state index contributed by atoms with van der Waals surface area (Å²) >= 11 is 1.25. The lowest BCUT2D eigenvalue weighted by Crippen LogP contribution is -1.83. The first-order chi connectivity index (χ1) is 6.74. The number of rotatable bonds is 1. The van der Waals surface area contributed by atoms with Crippen molar-refractivity contribution in [3.05, 3.63) is 28.9 Å². The van der Waals surface area contributed by atoms with Crippen LogP contribution in [-0.4, -0.2) is 0 Å². The van der Waals surface area contributed by atoms with Crippen LogP contribution in [0.1, 0.15) is 4.88 Å². The third-order valence-electron chi connectivity index (χ3n) is 1.99. The Morgan fingerprint density at radius 1 is 1.50 bits per heavy atom. The van der Waals surface area contributed by atoms with Gasteiger partial charge in [-0.1, -0.05) is 12.1 Å². The summed E-state index contributed by atoms with van der Waals surface area (Å²) < 4.78 is 14.3. The van der Waals surface area contributed by atoms with Crippen molar-refractivity contribution in [3.63, 3.8) is 0 Å². The van der Waals surface area contributed by atoms with Crippen LogP contribution in [0, 0.1) is 17.1 Å². The van der Waals surface area contributed by atoms with Crippen LogP contribution in [-0.2, 0) is 6.42 Å². The van der Waals surface area contributed by atoms with Crippen molar-refractivity contribution in [1.82, 2.24) is 0 Å². The van der Waals surface area contributed by atoms with E-state index in [9.17, 15) is 4.39 Å². The van der Waals surface area contributed by atoms with E-state index >= 15 is 0 Å². The zero-order chi connectivity index (χ0) is 10.1. The van der Waals surface area contributed by atoms with Gasteiger partial charge in [-0.15, -0.1) is 11.3 Å². The van der Waals surface area contributed by atoms with E-state index in [1.807, 2.05) is 6.07 Å². The number of hydrogen-bond acceptors (Lipinski definition) is 3. The van der Waals surface area contributed by atoms with E-state index in [4.69, 9.17) is 11.0 Å². The van der Waals surface area contributed by atoms with Gasteiger partial charge in [-0.3, -0.25) is 0 Å². The molecule has 1 aromatic heterocycles. The number of nitrogen functional groups attached to an aromatic ring is 1. The molecule has 0 fully saturated rings. The van der Waals surface area contributed by atoms with Gasteiger partial charge < -0.3 is 5.73 Å². The van der Waals surface area contributed by atoms with Gasteiger partial charge in [0.15, 0.2) is 0 Å². The maximum atomic E-state index is 13.6. The van der Waals surface area contributed by atoms with E-state index in [0.29, 0.717) is 16.0 Å². The molecule has 0 saturated carbocycles. The van der Waals surface area contributed by atoms with Crippen molar-refractivity contribution in [2.75, 3.05) is 5.73 Å². The average molecular weight is 206 g/mol. The Balaban J connectivity index is 2.74. The predicted octanol–water partition coefficient (Wildman–Crippen LogP) is 2.69. The summed E-state index contributed by atoms with van der Waals surface area (Å²) in [7, 11) is 0. The summed E-state index contributed by atoms with van der Waals surface area (Å²) in [5.74, 6) is -0.307. The first-order valence-corrected chi connectivity index (χ1v) is 4.88. The Bertz CT molecular complexity index is 525. The molecule has 0 aliphatic carbocycles. The Hall–Kier alpha value is -1.60. The highest BCUT2D eigenvalue weighted by atomic mass is 32.1. The third kappa shape index (κ3) is 1.22. The molecule has 2 rings (SSSR count). The molecule has 70 valence electrons. The van der Waals surface area contributed by atoms with Crippen molar-refractivity contribution in [2.24, 2.45) is 0 Å². The maximum Gasteiger partial charge on any atom is 0.146 e. The summed E-state index contributed by atoms with van der Waals surface area (Å²) in [4.78, 5) is 0.459. The number of benzene rings is 1. The second-order valence-corrected chi connectivity index (χ2v) is 4.00. The molecule has 0 amide bonds. The van der Waals surface area contributed by atoms with Crippen LogP contribution in [0.25, 0.3) is 10.1 Å². The number of nitrogens with zero attached hydrogens (tertiary/aromatic N) is 1. The van der Waals surface area contributed by atoms with Crippen LogP contribution >= 0.6 is 11.3 Å². The second-order valence-electron chi connectivity index (χ2n) is 2.90. The number of hydrogen-bond donors (Lipinski definition) is 1. The zero-order valence-corrected chi connectivity index (χ0v) is 8.07. The van der Waals surface area contributed by atoms with Crippen molar-refractivity contribution in [3.8, 4) is 6.07 Å². The summed E-state index contributed by atoms with van der Waals surface area (Å²) in [6, 6.07) is 7.06. The van der Waals surface area contributed by atoms with Crippen molar-refractivity contribution >= 4 is 27.1 Å². The fourth-order valence-electron chi connectivity index (χ4n) is 1.35. The van der Waals surface area contributed by atoms with Crippen molar-refractivity contribution in [1.29, 1.82) is 5.26 Å². The van der Waals surface area contributed by atoms with E-state index in [0.717, 1.165) is 4.70 Å². The molecule has 14 heavy (non-hydrogen) atoms. The minimum absolute atomic E-state index is 0.102. The minimum atomic E-state index is -0.307. The van der Waals surface area contributed by atoms with Crippen molar-refractivity contribution < 1.29 is 4.39 Å². The normalized spacial score (nSPS) is 10.3. The molecule has 2 aromatic rings. The Morgan fingerprint density at radius 2 is 2.29 bits per heavy atom. The minimum Gasteiger partial charge on any atom is -0.398 e. The van der Waals surface area contributed by atoms with Gasteiger partial charge in [0.05, 0.1) is 22.1 Å². The highest BCUT2D eigenvalue weighted by Crippen LogP contribution is 2.33. The summed E-state index contributed by atoms with van der Waals surface area (Å²) in [5.41, 5.74) is 6.26. The monoisotopic (exact) mass is 206 g/mol. The molecule has 2 nitrogen and oxygen atoms in total. The van der Waals surface area contributed by atoms with Gasteiger partial charge in [0.1, 0.15) is 5.82 Å². The molecule has 4 heteroatoms. The molecular weight excluding hydrogens is 199 g/mol. The average Bonchev–Trinajstić information content (AvgIpc) is 2.48. The molecule has 0 aliphatic rings. The highest BCUT2D eigenvalue weighted by molar-refractivity contribution is 7.19. The molecule has 0 saturated heterocycles. The smallest absolute Gasteiger partial charge is 0.146 e. The number of anilines is 1. The van der Waals surface area contributed by atoms with Gasteiger partial charge in [-0.25, -0.2) is 4.39 Å². The van der Waals surface area contributed by atoms with E-state index in [1.54, 1.807) is 18.2 Å². The van der Waals surface area contributed by atoms with Crippen LogP contribution in [0.4, 0.5) is 10.1 Å². The molecule has 0 aliphatic heterocycles. The predicted molar refractivity (Wildman–Crippen MR) is 55.5 cm³/mol. The second kappa shape index (κ2) is 3.28. The van der Waals surface area contributed by atoms with Crippen LogP contribution < -0.4 is 5.73 Å². The number of nitrogens with two attached hydrogens (primary N) is 1. The van der Waals surface area contributed by atoms with E-state index in [1.165, 1.54) is 11.3 Å². The van der Waals surface area contributed by atoms with Crippen LogP contribution in [0.2, 0.25) is 0 Å². The lowest BCUT2D eigenvalue weighted by molar-refractivity contribution is 0.634. The van der Waals surface area contributed by atoms with Gasteiger partial charge in [0, 0.05) is 11.1 Å². The number of nitriles is 1. The third-order valence-corrected chi connectivity index (χ3v) is 3.22. The number of halogens is 1. The summed E-state index contributed by atoms with van der Waals surface area (Å²) in [6.07, 6.45) is 0.102. The number of fused-ring (bicyclic) bond motifs is 1. The first-order valence-electron chi connectivity index (χ1n) is 4.06. The highest BCUT2D eigenvalue weighted by Gasteiger charge is 2.12. The maximum absolute atomic E-state index is 13.6. The lowest BCUT2D eigenvalue weighted by Gasteiger charge is -1.92. The van der Waals surface area contributed by atoms with Crippen LogP contribution in [0.3, 0.4) is 0 Å². The summed E-state index contributed by atoms with van der Waals surface area (Å²) in [6.45, 7) is 0. The van der Waals surface area contributed by atoms with Crippen LogP contribution in [0.5, 0.6) is 0 Å². The largest absolute Gasteiger partial charge is 0.398 e. The first kappa shape index (κ1) is 8.97. The topological polar surface area (TPSA) is 49.8 Å². The van der Waals surface area contributed by atoms with E-state index in [2.05, 4.69) is 0 Å². The standard InChI is InChI=1S/C10H7FN2S/c11-9-6-2-1-3-7(13)10(6)14-8(9)4-5-12/h1-3H,4,13H2. The fraction of sp³-hybridized carbons (Fsp3) is 0.100. The SMILES string of the molecule is N#CCc1sc2c(N)cccc2c1F. The molecule has 1 aromatic carbocycles. The molecule has 0 radical (unpaired) electrons. The molecule has 0 spiro atoms. The Morgan fingerprint density at radius 3 is 2.93 bits per heavy atom. The van der Waals surface area contributed by atoms with Gasteiger partial charge in [-0.05, 0) is 6.07 Å². The fourth-order valence-corrected chi connectivity index (χ4v) is 2.38. The quantitative estimate of drug-likeness (QED) is 0.729. The Labute approximate surface area is 84.4 Å². The van der Waals surface area contributed by atoms with Gasteiger partial charge in [0.2, 0.25) is 0 Å². The van der Waals surface area contributed by atoms with Crippen LogP contribution in [0.15, 0.2) is 18.2 Å². The molecule has 2 N–H and O–H groups in total. The molecular formula is C10H7FN2S. The van der Waals surface area contributed by atoms with Crippen molar-refractivity contribution in [2.45, 2.75) is 6.42 Å². The Kier molecular flexibility index (Phi) is 2.10.